The maximum Gasteiger partial charge on any atom is 0.326 e. The lowest BCUT2D eigenvalue weighted by Crippen LogP contribution is -2.28. The quantitative estimate of drug-likeness (QED) is 0.532. The summed E-state index contributed by atoms with van der Waals surface area (Å²) in [5.74, 6) is -1.16. The molecule has 0 radical (unpaired) electrons. The van der Waals surface area contributed by atoms with Crippen molar-refractivity contribution < 1.29 is 14.3 Å². The molecule has 1 aromatic heterocycles. The first kappa shape index (κ1) is 18.4. The van der Waals surface area contributed by atoms with Crippen molar-refractivity contribution in [2.45, 2.75) is 6.54 Å². The number of carbonyl (C=O) groups is 2. The Morgan fingerprint density at radius 3 is 2.52 bits per heavy atom. The van der Waals surface area contributed by atoms with Crippen LogP contribution in [0.5, 0.6) is 0 Å². The Labute approximate surface area is 165 Å². The van der Waals surface area contributed by atoms with Crippen molar-refractivity contribution in [2.75, 3.05) is 11.9 Å². The van der Waals surface area contributed by atoms with E-state index in [9.17, 15) is 14.4 Å². The molecule has 0 spiro atoms. The Morgan fingerprint density at radius 2 is 1.66 bits per heavy atom. The molecule has 0 fully saturated rings. The topological polar surface area (TPSA) is 90.3 Å². The number of aromatic nitrogens is 2. The molecule has 1 amide bonds. The van der Waals surface area contributed by atoms with Crippen LogP contribution in [0.25, 0.3) is 21.7 Å². The fraction of sp³-hybridized carbons (Fsp3) is 0.0909. The van der Waals surface area contributed by atoms with Crippen LogP contribution in [0.1, 0.15) is 0 Å². The van der Waals surface area contributed by atoms with E-state index >= 15 is 0 Å². The van der Waals surface area contributed by atoms with Crippen molar-refractivity contribution in [3.63, 3.8) is 0 Å². The molecule has 0 saturated carbocycles. The van der Waals surface area contributed by atoms with Crippen LogP contribution in [0.15, 0.2) is 77.9 Å². The molecule has 0 aliphatic carbocycles. The van der Waals surface area contributed by atoms with Crippen LogP contribution in [0, 0.1) is 0 Å². The number of rotatable bonds is 5. The highest BCUT2D eigenvalue weighted by Crippen LogP contribution is 2.22. The number of fused-ring (bicyclic) bond motifs is 2. The summed E-state index contributed by atoms with van der Waals surface area (Å²) in [6.45, 7) is -0.768. The Bertz CT molecular complexity index is 1270. The molecule has 4 aromatic rings. The molecule has 1 N–H and O–H groups in total. The lowest BCUT2D eigenvalue weighted by molar-refractivity contribution is -0.147. The van der Waals surface area contributed by atoms with Gasteiger partial charge in [-0.25, -0.2) is 4.98 Å². The van der Waals surface area contributed by atoms with E-state index in [1.807, 2.05) is 36.4 Å². The van der Waals surface area contributed by atoms with Crippen molar-refractivity contribution in [1.82, 2.24) is 9.55 Å². The zero-order chi connectivity index (χ0) is 20.2. The van der Waals surface area contributed by atoms with E-state index in [-0.39, 0.29) is 12.1 Å². The van der Waals surface area contributed by atoms with Gasteiger partial charge in [-0.05, 0) is 23.6 Å². The Hall–Kier alpha value is -4.00. The van der Waals surface area contributed by atoms with Gasteiger partial charge in [0.25, 0.3) is 11.5 Å². The van der Waals surface area contributed by atoms with Crippen molar-refractivity contribution in [3.05, 3.63) is 83.4 Å². The summed E-state index contributed by atoms with van der Waals surface area (Å²) in [5.41, 5.74) is 0.850. The minimum atomic E-state index is -0.697. The standard InChI is InChI=1S/C22H17N3O4/c26-20(24-19-11-5-7-15-6-1-2-8-16(15)19)13-29-21(27)12-25-14-23-18-10-4-3-9-17(18)22(25)28/h1-11,14H,12-13H2,(H,24,26). The third-order valence-corrected chi connectivity index (χ3v) is 4.46. The molecule has 7 heteroatoms. The van der Waals surface area contributed by atoms with Crippen LogP contribution in [0.2, 0.25) is 0 Å². The largest absolute Gasteiger partial charge is 0.454 e. The molecule has 144 valence electrons. The number of hydrogen-bond acceptors (Lipinski definition) is 5. The first-order valence-corrected chi connectivity index (χ1v) is 8.99. The van der Waals surface area contributed by atoms with Gasteiger partial charge in [0.15, 0.2) is 6.61 Å². The van der Waals surface area contributed by atoms with E-state index in [0.29, 0.717) is 16.6 Å². The average Bonchev–Trinajstić information content (AvgIpc) is 2.75. The predicted octanol–water partition coefficient (Wildman–Crippen LogP) is 2.73. The zero-order valence-electron chi connectivity index (χ0n) is 15.4. The van der Waals surface area contributed by atoms with E-state index in [4.69, 9.17) is 4.74 Å². The van der Waals surface area contributed by atoms with Gasteiger partial charge in [0, 0.05) is 11.1 Å². The second kappa shape index (κ2) is 7.93. The van der Waals surface area contributed by atoms with Crippen LogP contribution >= 0.6 is 0 Å². The SMILES string of the molecule is O=C(COC(=O)Cn1cnc2ccccc2c1=O)Nc1cccc2ccccc12. The van der Waals surface area contributed by atoms with Gasteiger partial charge in [-0.3, -0.25) is 19.0 Å². The molecule has 4 rings (SSSR count). The van der Waals surface area contributed by atoms with Crippen LogP contribution in [-0.2, 0) is 20.9 Å². The van der Waals surface area contributed by atoms with Gasteiger partial charge in [0.1, 0.15) is 6.54 Å². The Morgan fingerprint density at radius 1 is 0.931 bits per heavy atom. The number of ether oxygens (including phenoxy) is 1. The summed E-state index contributed by atoms with van der Waals surface area (Å²) < 4.78 is 6.18. The molecule has 0 aliphatic heterocycles. The summed E-state index contributed by atoms with van der Waals surface area (Å²) >= 11 is 0. The minimum Gasteiger partial charge on any atom is -0.454 e. The number of esters is 1. The zero-order valence-corrected chi connectivity index (χ0v) is 15.4. The third-order valence-electron chi connectivity index (χ3n) is 4.46. The molecule has 29 heavy (non-hydrogen) atoms. The maximum atomic E-state index is 12.4. The third kappa shape index (κ3) is 3.98. The maximum absolute atomic E-state index is 12.4. The fourth-order valence-corrected chi connectivity index (χ4v) is 3.07. The number of carbonyl (C=O) groups excluding carboxylic acids is 2. The smallest absolute Gasteiger partial charge is 0.326 e. The van der Waals surface area contributed by atoms with Gasteiger partial charge < -0.3 is 10.1 Å². The monoisotopic (exact) mass is 387 g/mol. The summed E-state index contributed by atoms with van der Waals surface area (Å²) in [7, 11) is 0. The lowest BCUT2D eigenvalue weighted by atomic mass is 10.1. The number of para-hydroxylation sites is 1. The van der Waals surface area contributed by atoms with Crippen molar-refractivity contribution in [1.29, 1.82) is 0 Å². The van der Waals surface area contributed by atoms with E-state index in [1.165, 1.54) is 6.33 Å². The second-order valence-electron chi connectivity index (χ2n) is 6.43. The lowest BCUT2D eigenvalue weighted by Gasteiger charge is -2.10. The van der Waals surface area contributed by atoms with Gasteiger partial charge in [-0.2, -0.15) is 0 Å². The van der Waals surface area contributed by atoms with Crippen LogP contribution in [-0.4, -0.2) is 28.0 Å². The first-order chi connectivity index (χ1) is 14.1. The molecule has 1 heterocycles. The van der Waals surface area contributed by atoms with Gasteiger partial charge in [-0.15, -0.1) is 0 Å². The molecule has 0 bridgehead atoms. The molecule has 0 saturated heterocycles. The summed E-state index contributed by atoms with van der Waals surface area (Å²) in [4.78, 5) is 40.8. The van der Waals surface area contributed by atoms with Crippen LogP contribution in [0.4, 0.5) is 5.69 Å². The van der Waals surface area contributed by atoms with Crippen molar-refractivity contribution >= 4 is 39.2 Å². The van der Waals surface area contributed by atoms with E-state index in [1.54, 1.807) is 30.3 Å². The normalized spacial score (nSPS) is 10.8. The molecular weight excluding hydrogens is 370 g/mol. The first-order valence-electron chi connectivity index (χ1n) is 8.99. The Balaban J connectivity index is 1.39. The number of hydrogen-bond donors (Lipinski definition) is 1. The number of nitrogens with zero attached hydrogens (tertiary/aromatic N) is 2. The predicted molar refractivity (Wildman–Crippen MR) is 110 cm³/mol. The van der Waals surface area contributed by atoms with Crippen molar-refractivity contribution in [3.8, 4) is 0 Å². The molecule has 3 aromatic carbocycles. The fourth-order valence-electron chi connectivity index (χ4n) is 3.07. The van der Waals surface area contributed by atoms with Crippen LogP contribution in [0.3, 0.4) is 0 Å². The summed E-state index contributed by atoms with van der Waals surface area (Å²) in [6.07, 6.45) is 1.29. The van der Waals surface area contributed by atoms with Gasteiger partial charge in [0.2, 0.25) is 0 Å². The number of nitrogens with one attached hydrogen (secondary N) is 1. The van der Waals surface area contributed by atoms with E-state index in [2.05, 4.69) is 10.3 Å². The minimum absolute atomic E-state index is 0.321. The molecule has 0 aliphatic rings. The summed E-state index contributed by atoms with van der Waals surface area (Å²) in [6, 6.07) is 20.1. The molecule has 0 unspecified atom stereocenters. The number of benzene rings is 3. The molecule has 0 atom stereocenters. The van der Waals surface area contributed by atoms with Gasteiger partial charge >= 0.3 is 5.97 Å². The van der Waals surface area contributed by atoms with E-state index < -0.39 is 18.5 Å². The summed E-state index contributed by atoms with van der Waals surface area (Å²) in [5, 5.41) is 5.04. The van der Waals surface area contributed by atoms with Gasteiger partial charge in [0.05, 0.1) is 17.2 Å². The highest BCUT2D eigenvalue weighted by atomic mass is 16.5. The second-order valence-corrected chi connectivity index (χ2v) is 6.43. The number of amides is 1. The highest BCUT2D eigenvalue weighted by molar-refractivity contribution is 6.02. The highest BCUT2D eigenvalue weighted by Gasteiger charge is 2.12. The van der Waals surface area contributed by atoms with E-state index in [0.717, 1.165) is 15.3 Å². The average molecular weight is 387 g/mol. The van der Waals surface area contributed by atoms with Crippen LogP contribution < -0.4 is 10.9 Å². The van der Waals surface area contributed by atoms with Gasteiger partial charge in [-0.1, -0.05) is 48.5 Å². The molecule has 7 nitrogen and oxygen atoms in total. The van der Waals surface area contributed by atoms with Crippen molar-refractivity contribution in [2.24, 2.45) is 0 Å². The molecular formula is C22H17N3O4. The number of anilines is 1. The Kier molecular flexibility index (Phi) is 5.03.